The van der Waals surface area contributed by atoms with E-state index in [1.807, 2.05) is 11.8 Å². The number of imidazole rings is 1. The van der Waals surface area contributed by atoms with Crippen molar-refractivity contribution >= 4 is 6.03 Å². The molecule has 1 aromatic heterocycles. The van der Waals surface area contributed by atoms with Crippen LogP contribution in [0.5, 0.6) is 0 Å². The summed E-state index contributed by atoms with van der Waals surface area (Å²) in [6.07, 6.45) is 6.66. The summed E-state index contributed by atoms with van der Waals surface area (Å²) in [7, 11) is 0. The molecule has 0 saturated carbocycles. The molecule has 2 rings (SSSR count). The molecule has 1 saturated heterocycles. The number of hydrogen-bond donors (Lipinski definition) is 2. The highest BCUT2D eigenvalue weighted by Crippen LogP contribution is 2.17. The van der Waals surface area contributed by atoms with Gasteiger partial charge in [0.2, 0.25) is 0 Å². The standard InChI is InChI=1S/C13H22N4O/c1-3-11(12-14-6-7-15-12)16-13(18)17-8-4-5-10(2)9-17/h6-7,10-11H,3-5,8-9H2,1-2H3,(H,14,15)(H,16,18). The van der Waals surface area contributed by atoms with Crippen LogP contribution < -0.4 is 5.32 Å². The van der Waals surface area contributed by atoms with Crippen molar-refractivity contribution in [1.82, 2.24) is 20.2 Å². The van der Waals surface area contributed by atoms with E-state index in [9.17, 15) is 4.79 Å². The molecule has 1 aliphatic heterocycles. The van der Waals surface area contributed by atoms with Gasteiger partial charge >= 0.3 is 6.03 Å². The van der Waals surface area contributed by atoms with Gasteiger partial charge in [-0.2, -0.15) is 0 Å². The molecule has 5 nitrogen and oxygen atoms in total. The van der Waals surface area contributed by atoms with E-state index in [1.165, 1.54) is 6.42 Å². The van der Waals surface area contributed by atoms with Crippen molar-refractivity contribution in [3.8, 4) is 0 Å². The Hall–Kier alpha value is -1.52. The van der Waals surface area contributed by atoms with Crippen molar-refractivity contribution in [1.29, 1.82) is 0 Å². The number of hydrogen-bond acceptors (Lipinski definition) is 2. The second kappa shape index (κ2) is 5.89. The highest BCUT2D eigenvalue weighted by atomic mass is 16.2. The maximum atomic E-state index is 12.2. The molecule has 2 amide bonds. The summed E-state index contributed by atoms with van der Waals surface area (Å²) in [5, 5.41) is 3.05. The average molecular weight is 250 g/mol. The van der Waals surface area contributed by atoms with Crippen LogP contribution in [-0.4, -0.2) is 34.0 Å². The van der Waals surface area contributed by atoms with E-state index >= 15 is 0 Å². The topological polar surface area (TPSA) is 61.0 Å². The summed E-state index contributed by atoms with van der Waals surface area (Å²) in [5.41, 5.74) is 0. The van der Waals surface area contributed by atoms with Crippen LogP contribution in [0.2, 0.25) is 0 Å². The molecule has 1 aliphatic rings. The number of nitrogens with one attached hydrogen (secondary N) is 2. The summed E-state index contributed by atoms with van der Waals surface area (Å²) in [4.78, 5) is 21.4. The first-order valence-electron chi connectivity index (χ1n) is 6.75. The molecule has 0 radical (unpaired) electrons. The lowest BCUT2D eigenvalue weighted by Gasteiger charge is -2.32. The van der Waals surface area contributed by atoms with E-state index in [0.717, 1.165) is 31.8 Å². The van der Waals surface area contributed by atoms with Crippen LogP contribution in [0.3, 0.4) is 0 Å². The molecule has 0 spiro atoms. The first-order valence-corrected chi connectivity index (χ1v) is 6.75. The second-order valence-corrected chi connectivity index (χ2v) is 5.08. The molecule has 2 N–H and O–H groups in total. The second-order valence-electron chi connectivity index (χ2n) is 5.08. The molecule has 18 heavy (non-hydrogen) atoms. The number of likely N-dealkylation sites (tertiary alicyclic amines) is 1. The van der Waals surface area contributed by atoms with E-state index in [4.69, 9.17) is 0 Å². The first-order chi connectivity index (χ1) is 8.70. The molecular formula is C13H22N4O. The Morgan fingerprint density at radius 2 is 2.56 bits per heavy atom. The van der Waals surface area contributed by atoms with Crippen LogP contribution in [0.1, 0.15) is 45.0 Å². The van der Waals surface area contributed by atoms with Crippen molar-refractivity contribution in [3.05, 3.63) is 18.2 Å². The summed E-state index contributed by atoms with van der Waals surface area (Å²) in [5.74, 6) is 1.43. The maximum absolute atomic E-state index is 12.2. The van der Waals surface area contributed by atoms with E-state index in [-0.39, 0.29) is 12.1 Å². The van der Waals surface area contributed by atoms with Gasteiger partial charge in [0.25, 0.3) is 0 Å². The summed E-state index contributed by atoms with van der Waals surface area (Å²) in [6, 6.07) is 0.00883. The van der Waals surface area contributed by atoms with Crippen molar-refractivity contribution < 1.29 is 4.79 Å². The van der Waals surface area contributed by atoms with Crippen LogP contribution in [0, 0.1) is 5.92 Å². The fraction of sp³-hybridized carbons (Fsp3) is 0.692. The number of nitrogens with zero attached hydrogens (tertiary/aromatic N) is 2. The predicted molar refractivity (Wildman–Crippen MR) is 70.1 cm³/mol. The number of piperidine rings is 1. The van der Waals surface area contributed by atoms with E-state index in [2.05, 4.69) is 22.2 Å². The lowest BCUT2D eigenvalue weighted by atomic mass is 10.0. The quantitative estimate of drug-likeness (QED) is 0.864. The Balaban J connectivity index is 1.93. The van der Waals surface area contributed by atoms with Crippen LogP contribution >= 0.6 is 0 Å². The monoisotopic (exact) mass is 250 g/mol. The zero-order valence-electron chi connectivity index (χ0n) is 11.1. The van der Waals surface area contributed by atoms with Crippen molar-refractivity contribution in [2.75, 3.05) is 13.1 Å². The molecule has 2 atom stereocenters. The van der Waals surface area contributed by atoms with Gasteiger partial charge in [-0.25, -0.2) is 9.78 Å². The molecule has 0 aliphatic carbocycles. The third-order valence-electron chi connectivity index (χ3n) is 3.50. The van der Waals surface area contributed by atoms with Gasteiger partial charge in [0, 0.05) is 25.5 Å². The molecule has 0 aromatic carbocycles. The third kappa shape index (κ3) is 3.03. The number of aromatic nitrogens is 2. The van der Waals surface area contributed by atoms with E-state index < -0.39 is 0 Å². The van der Waals surface area contributed by atoms with Crippen LogP contribution in [-0.2, 0) is 0 Å². The smallest absolute Gasteiger partial charge is 0.317 e. The normalized spacial score (nSPS) is 21.7. The van der Waals surface area contributed by atoms with Gasteiger partial charge in [0.1, 0.15) is 5.82 Å². The Morgan fingerprint density at radius 3 is 3.17 bits per heavy atom. The van der Waals surface area contributed by atoms with Crippen LogP contribution in [0.15, 0.2) is 12.4 Å². The fourth-order valence-corrected chi connectivity index (χ4v) is 2.45. The molecule has 2 heterocycles. The Morgan fingerprint density at radius 1 is 1.72 bits per heavy atom. The van der Waals surface area contributed by atoms with Gasteiger partial charge in [-0.15, -0.1) is 0 Å². The largest absolute Gasteiger partial charge is 0.347 e. The number of carbonyl (C=O) groups excluding carboxylic acids is 1. The lowest BCUT2D eigenvalue weighted by molar-refractivity contribution is 0.165. The zero-order valence-corrected chi connectivity index (χ0v) is 11.1. The highest BCUT2D eigenvalue weighted by Gasteiger charge is 2.23. The van der Waals surface area contributed by atoms with Gasteiger partial charge in [-0.05, 0) is 25.2 Å². The van der Waals surface area contributed by atoms with E-state index in [0.29, 0.717) is 5.92 Å². The van der Waals surface area contributed by atoms with Gasteiger partial charge in [0.15, 0.2) is 0 Å². The minimum Gasteiger partial charge on any atom is -0.347 e. The summed E-state index contributed by atoms with van der Waals surface area (Å²) in [6.45, 7) is 5.97. The van der Waals surface area contributed by atoms with Gasteiger partial charge in [-0.1, -0.05) is 13.8 Å². The zero-order chi connectivity index (χ0) is 13.0. The van der Waals surface area contributed by atoms with Gasteiger partial charge in [-0.3, -0.25) is 0 Å². The Kier molecular flexibility index (Phi) is 4.23. The predicted octanol–water partition coefficient (Wildman–Crippen LogP) is 2.30. The van der Waals surface area contributed by atoms with Crippen LogP contribution in [0.4, 0.5) is 4.79 Å². The number of H-pyrrole nitrogens is 1. The molecule has 100 valence electrons. The number of rotatable bonds is 3. The Bertz CT molecular complexity index is 376. The minimum absolute atomic E-state index is 0.0234. The minimum atomic E-state index is -0.0234. The molecular weight excluding hydrogens is 228 g/mol. The Labute approximate surface area is 108 Å². The first kappa shape index (κ1) is 12.9. The molecule has 1 aromatic rings. The van der Waals surface area contributed by atoms with Crippen LogP contribution in [0.25, 0.3) is 0 Å². The number of aromatic amines is 1. The van der Waals surface area contributed by atoms with Gasteiger partial charge < -0.3 is 15.2 Å². The lowest BCUT2D eigenvalue weighted by Crippen LogP contribution is -2.46. The molecule has 2 unspecified atom stereocenters. The third-order valence-corrected chi connectivity index (χ3v) is 3.50. The molecule has 1 fully saturated rings. The summed E-state index contributed by atoms with van der Waals surface area (Å²) >= 11 is 0. The highest BCUT2D eigenvalue weighted by molar-refractivity contribution is 5.74. The fourth-order valence-electron chi connectivity index (χ4n) is 2.45. The van der Waals surface area contributed by atoms with E-state index in [1.54, 1.807) is 12.4 Å². The maximum Gasteiger partial charge on any atom is 0.317 e. The SMILES string of the molecule is CCC(NC(=O)N1CCCC(C)C1)c1ncc[nH]1. The van der Waals surface area contributed by atoms with Crippen molar-refractivity contribution in [3.63, 3.8) is 0 Å². The molecule has 5 heteroatoms. The number of carbonyl (C=O) groups is 1. The molecule has 0 bridgehead atoms. The van der Waals surface area contributed by atoms with Crippen molar-refractivity contribution in [2.24, 2.45) is 5.92 Å². The number of urea groups is 1. The van der Waals surface area contributed by atoms with Crippen molar-refractivity contribution in [2.45, 2.75) is 39.2 Å². The average Bonchev–Trinajstić information content (AvgIpc) is 2.89. The number of amides is 2. The summed E-state index contributed by atoms with van der Waals surface area (Å²) < 4.78 is 0. The van der Waals surface area contributed by atoms with Gasteiger partial charge in [0.05, 0.1) is 6.04 Å².